The molecule has 3 nitrogen and oxygen atoms in total. The summed E-state index contributed by atoms with van der Waals surface area (Å²) in [5, 5.41) is 10.9. The van der Waals surface area contributed by atoms with Gasteiger partial charge in [0.25, 0.3) is 0 Å². The van der Waals surface area contributed by atoms with Crippen LogP contribution in [0.25, 0.3) is 0 Å². The molecule has 0 radical (unpaired) electrons. The van der Waals surface area contributed by atoms with Crippen molar-refractivity contribution < 1.29 is 4.92 Å². The van der Waals surface area contributed by atoms with Gasteiger partial charge < -0.3 is 0 Å². The van der Waals surface area contributed by atoms with Gasteiger partial charge in [-0.2, -0.15) is 0 Å². The fraction of sp³-hybridized carbons (Fsp3) is 1.00. The highest BCUT2D eigenvalue weighted by molar-refractivity contribution is 5.10. The standard InChI is InChI=1S/C10H17NO2/c1-9(2)7-4-5-10(9,3)8(6-7)11(12)13/h7-8H,4-6H2,1-3H3/t7-,8+,10+/m1/s1. The Hall–Kier alpha value is -0.600. The zero-order valence-corrected chi connectivity index (χ0v) is 8.54. The molecule has 0 spiro atoms. The van der Waals surface area contributed by atoms with Gasteiger partial charge in [0.15, 0.2) is 0 Å². The summed E-state index contributed by atoms with van der Waals surface area (Å²) >= 11 is 0. The number of hydrogen-bond acceptors (Lipinski definition) is 2. The Bertz CT molecular complexity index is 262. The number of hydrogen-bond donors (Lipinski definition) is 0. The van der Waals surface area contributed by atoms with Crippen LogP contribution in [0.2, 0.25) is 0 Å². The molecule has 2 aliphatic rings. The van der Waals surface area contributed by atoms with Crippen LogP contribution in [0, 0.1) is 26.9 Å². The van der Waals surface area contributed by atoms with Crippen molar-refractivity contribution in [2.24, 2.45) is 16.7 Å². The van der Waals surface area contributed by atoms with Crippen LogP contribution in [0.5, 0.6) is 0 Å². The Labute approximate surface area is 78.7 Å². The van der Waals surface area contributed by atoms with E-state index in [-0.39, 0.29) is 21.8 Å². The van der Waals surface area contributed by atoms with E-state index in [2.05, 4.69) is 20.8 Å². The molecule has 3 atom stereocenters. The van der Waals surface area contributed by atoms with E-state index in [0.717, 1.165) is 12.8 Å². The van der Waals surface area contributed by atoms with Gasteiger partial charge in [0.05, 0.1) is 0 Å². The minimum absolute atomic E-state index is 0.0544. The van der Waals surface area contributed by atoms with Gasteiger partial charge in [-0.05, 0) is 24.2 Å². The maximum Gasteiger partial charge on any atom is 0.219 e. The Kier molecular flexibility index (Phi) is 1.55. The van der Waals surface area contributed by atoms with Gasteiger partial charge in [-0.25, -0.2) is 0 Å². The van der Waals surface area contributed by atoms with Crippen LogP contribution in [-0.4, -0.2) is 11.0 Å². The van der Waals surface area contributed by atoms with E-state index in [1.165, 1.54) is 6.42 Å². The molecule has 2 aliphatic carbocycles. The first-order valence-electron chi connectivity index (χ1n) is 5.03. The Balaban J connectivity index is 2.38. The summed E-state index contributed by atoms with van der Waals surface area (Å²) in [4.78, 5) is 10.8. The van der Waals surface area contributed by atoms with Crippen molar-refractivity contribution in [2.45, 2.75) is 46.1 Å². The van der Waals surface area contributed by atoms with Crippen LogP contribution in [0.1, 0.15) is 40.0 Å². The molecule has 13 heavy (non-hydrogen) atoms. The second-order valence-electron chi connectivity index (χ2n) is 5.41. The minimum Gasteiger partial charge on any atom is -0.264 e. The van der Waals surface area contributed by atoms with Crippen molar-refractivity contribution in [3.05, 3.63) is 10.1 Å². The Morgan fingerprint density at radius 1 is 1.38 bits per heavy atom. The second-order valence-corrected chi connectivity index (χ2v) is 5.41. The first-order chi connectivity index (χ1) is 5.89. The van der Waals surface area contributed by atoms with Gasteiger partial charge in [-0.15, -0.1) is 0 Å². The molecular formula is C10H17NO2. The lowest BCUT2D eigenvalue weighted by atomic mass is 9.69. The fourth-order valence-corrected chi connectivity index (χ4v) is 3.48. The largest absolute Gasteiger partial charge is 0.264 e. The van der Waals surface area contributed by atoms with E-state index in [9.17, 15) is 10.1 Å². The molecule has 2 rings (SSSR count). The molecule has 0 heterocycles. The predicted molar refractivity (Wildman–Crippen MR) is 50.0 cm³/mol. The molecule has 0 aromatic heterocycles. The predicted octanol–water partition coefficient (Wildman–Crippen LogP) is 2.48. The molecule has 0 unspecified atom stereocenters. The Morgan fingerprint density at radius 3 is 2.23 bits per heavy atom. The minimum atomic E-state index is -0.291. The van der Waals surface area contributed by atoms with Crippen LogP contribution in [0.15, 0.2) is 0 Å². The quantitative estimate of drug-likeness (QED) is 0.463. The number of fused-ring (bicyclic) bond motifs is 2. The molecule has 2 saturated carbocycles. The summed E-state index contributed by atoms with van der Waals surface area (Å²) in [5.74, 6) is 0.577. The van der Waals surface area contributed by atoms with Gasteiger partial charge in [-0.1, -0.05) is 20.8 Å². The molecular weight excluding hydrogens is 166 g/mol. The highest BCUT2D eigenvalue weighted by Crippen LogP contribution is 2.65. The monoisotopic (exact) mass is 183 g/mol. The van der Waals surface area contributed by atoms with Crippen LogP contribution in [0.4, 0.5) is 0 Å². The summed E-state index contributed by atoms with van der Waals surface area (Å²) in [6.45, 7) is 6.51. The van der Waals surface area contributed by atoms with Crippen molar-refractivity contribution in [3.8, 4) is 0 Å². The molecule has 0 aromatic carbocycles. The second kappa shape index (κ2) is 2.25. The van der Waals surface area contributed by atoms with Gasteiger partial charge in [0.1, 0.15) is 0 Å². The average molecular weight is 183 g/mol. The summed E-state index contributed by atoms with van der Waals surface area (Å²) in [5.41, 5.74) is 0.117. The molecule has 2 bridgehead atoms. The normalized spacial score (nSPS) is 46.7. The average Bonchev–Trinajstić information content (AvgIpc) is 2.34. The number of nitro groups is 1. The van der Waals surface area contributed by atoms with Crippen molar-refractivity contribution >= 4 is 0 Å². The van der Waals surface area contributed by atoms with Crippen molar-refractivity contribution in [1.29, 1.82) is 0 Å². The third-order valence-electron chi connectivity index (χ3n) is 5.00. The zero-order valence-electron chi connectivity index (χ0n) is 8.54. The molecule has 0 amide bonds. The first-order valence-corrected chi connectivity index (χ1v) is 5.03. The molecule has 0 aliphatic heterocycles. The van der Waals surface area contributed by atoms with Gasteiger partial charge in [0.2, 0.25) is 6.04 Å². The lowest BCUT2D eigenvalue weighted by Crippen LogP contribution is -2.39. The molecule has 3 heteroatoms. The van der Waals surface area contributed by atoms with E-state index in [1.807, 2.05) is 0 Å². The third kappa shape index (κ3) is 0.851. The highest BCUT2D eigenvalue weighted by atomic mass is 16.6. The zero-order chi connectivity index (χ0) is 9.85. The summed E-state index contributed by atoms with van der Waals surface area (Å²) < 4.78 is 0. The van der Waals surface area contributed by atoms with Gasteiger partial charge >= 0.3 is 0 Å². The summed E-state index contributed by atoms with van der Waals surface area (Å²) in [6, 6.07) is -0.291. The van der Waals surface area contributed by atoms with Crippen LogP contribution in [0.3, 0.4) is 0 Å². The molecule has 74 valence electrons. The molecule has 2 fully saturated rings. The van der Waals surface area contributed by atoms with E-state index < -0.39 is 0 Å². The van der Waals surface area contributed by atoms with E-state index in [1.54, 1.807) is 0 Å². The SMILES string of the molecule is CC1(C)[C@@H]2CC[C@@]1(C)[C@@H]([N+](=O)[O-])C2. The molecule has 0 N–H and O–H groups in total. The van der Waals surface area contributed by atoms with Crippen LogP contribution >= 0.6 is 0 Å². The first kappa shape index (κ1) is 8.97. The van der Waals surface area contributed by atoms with Gasteiger partial charge in [0, 0.05) is 16.8 Å². The topological polar surface area (TPSA) is 43.1 Å². The maximum atomic E-state index is 10.9. The van der Waals surface area contributed by atoms with Crippen molar-refractivity contribution in [1.82, 2.24) is 0 Å². The smallest absolute Gasteiger partial charge is 0.219 e. The maximum absolute atomic E-state index is 10.9. The third-order valence-corrected chi connectivity index (χ3v) is 5.00. The summed E-state index contributed by atoms with van der Waals surface area (Å²) in [7, 11) is 0. The molecule has 0 saturated heterocycles. The highest BCUT2D eigenvalue weighted by Gasteiger charge is 2.66. The van der Waals surface area contributed by atoms with Crippen LogP contribution in [-0.2, 0) is 0 Å². The number of nitrogens with zero attached hydrogens (tertiary/aromatic N) is 1. The lowest BCUT2D eigenvalue weighted by Gasteiger charge is -2.34. The van der Waals surface area contributed by atoms with Crippen molar-refractivity contribution in [3.63, 3.8) is 0 Å². The fourth-order valence-electron chi connectivity index (χ4n) is 3.48. The van der Waals surface area contributed by atoms with E-state index >= 15 is 0 Å². The van der Waals surface area contributed by atoms with E-state index in [0.29, 0.717) is 5.92 Å². The van der Waals surface area contributed by atoms with Crippen LogP contribution < -0.4 is 0 Å². The van der Waals surface area contributed by atoms with Gasteiger partial charge in [-0.3, -0.25) is 10.1 Å². The van der Waals surface area contributed by atoms with E-state index in [4.69, 9.17) is 0 Å². The lowest BCUT2D eigenvalue weighted by molar-refractivity contribution is -0.541. The Morgan fingerprint density at radius 2 is 2.00 bits per heavy atom. The molecule has 0 aromatic rings. The number of rotatable bonds is 1. The van der Waals surface area contributed by atoms with Crippen molar-refractivity contribution in [2.75, 3.05) is 0 Å². The summed E-state index contributed by atoms with van der Waals surface area (Å²) in [6.07, 6.45) is 3.03.